The molecular weight excluding hydrogens is 297 g/mol. The van der Waals surface area contributed by atoms with Crippen molar-refractivity contribution in [2.45, 2.75) is 39.2 Å². The molecule has 0 aromatic heterocycles. The Hall–Kier alpha value is -0.250. The van der Waals surface area contributed by atoms with Crippen molar-refractivity contribution in [2.75, 3.05) is 3.11 Å². The number of aryl methyl sites for hydroxylation is 1. The average Bonchev–Trinajstić information content (AvgIpc) is 2.22. The van der Waals surface area contributed by atoms with Crippen LogP contribution in [0.25, 0.3) is 0 Å². The Balaban J connectivity index is 2.18. The monoisotopic (exact) mass is 315 g/mol. The van der Waals surface area contributed by atoms with Crippen molar-refractivity contribution in [2.24, 2.45) is 5.92 Å². The summed E-state index contributed by atoms with van der Waals surface area (Å²) in [5, 5.41) is 0. The molecule has 2 rings (SSSR count). The quantitative estimate of drug-likeness (QED) is 0.584. The minimum Gasteiger partial charge on any atom is -0.311 e. The second-order valence-electron chi connectivity index (χ2n) is 4.76. The van der Waals surface area contributed by atoms with Crippen molar-refractivity contribution in [3.8, 4) is 0 Å². The molecule has 0 spiro atoms. The molecule has 2 heteroatoms. The Morgan fingerprint density at radius 3 is 2.87 bits per heavy atom. The van der Waals surface area contributed by atoms with Crippen LogP contribution in [-0.2, 0) is 6.42 Å². The van der Waals surface area contributed by atoms with Gasteiger partial charge in [0.1, 0.15) is 0 Å². The van der Waals surface area contributed by atoms with Crippen molar-refractivity contribution in [3.63, 3.8) is 0 Å². The van der Waals surface area contributed by atoms with Gasteiger partial charge in [-0.15, -0.1) is 0 Å². The third-order valence-electron chi connectivity index (χ3n) is 3.03. The number of para-hydroxylation sites is 1. The van der Waals surface area contributed by atoms with Gasteiger partial charge in [0.25, 0.3) is 0 Å². The third kappa shape index (κ3) is 2.47. The van der Waals surface area contributed by atoms with Crippen LogP contribution < -0.4 is 3.11 Å². The summed E-state index contributed by atoms with van der Waals surface area (Å²) >= 11 is 2.48. The average molecular weight is 315 g/mol. The van der Waals surface area contributed by atoms with Crippen molar-refractivity contribution in [1.82, 2.24) is 0 Å². The van der Waals surface area contributed by atoms with Crippen LogP contribution >= 0.6 is 22.9 Å². The maximum absolute atomic E-state index is 2.48. The van der Waals surface area contributed by atoms with Crippen molar-refractivity contribution in [1.29, 1.82) is 0 Å². The van der Waals surface area contributed by atoms with E-state index in [4.69, 9.17) is 0 Å². The highest BCUT2D eigenvalue weighted by atomic mass is 127. The van der Waals surface area contributed by atoms with E-state index in [1.807, 2.05) is 0 Å². The van der Waals surface area contributed by atoms with E-state index in [1.165, 1.54) is 30.5 Å². The molecular formula is C13H18IN. The molecule has 0 fully saturated rings. The van der Waals surface area contributed by atoms with Gasteiger partial charge in [0.05, 0.1) is 22.9 Å². The molecule has 1 nitrogen and oxygen atoms in total. The molecule has 0 radical (unpaired) electrons. The molecule has 82 valence electrons. The molecule has 0 amide bonds. The van der Waals surface area contributed by atoms with Crippen molar-refractivity contribution in [3.05, 3.63) is 29.8 Å². The summed E-state index contributed by atoms with van der Waals surface area (Å²) in [5.74, 6) is 0.789. The fourth-order valence-corrected chi connectivity index (χ4v) is 3.29. The lowest BCUT2D eigenvalue weighted by atomic mass is 9.93. The molecule has 1 aliphatic heterocycles. The van der Waals surface area contributed by atoms with E-state index in [9.17, 15) is 0 Å². The lowest BCUT2D eigenvalue weighted by Crippen LogP contribution is -2.32. The number of hydrogen-bond donors (Lipinski definition) is 0. The normalized spacial score (nSPS) is 20.5. The Labute approximate surface area is 106 Å². The van der Waals surface area contributed by atoms with E-state index in [2.05, 4.69) is 64.1 Å². The van der Waals surface area contributed by atoms with Gasteiger partial charge in [-0.3, -0.25) is 0 Å². The number of halogens is 1. The molecule has 1 aromatic rings. The molecule has 0 aliphatic carbocycles. The van der Waals surface area contributed by atoms with Crippen LogP contribution in [0.5, 0.6) is 0 Å². The van der Waals surface area contributed by atoms with Gasteiger partial charge in [-0.1, -0.05) is 32.0 Å². The van der Waals surface area contributed by atoms with E-state index in [1.54, 1.807) is 0 Å². The van der Waals surface area contributed by atoms with Crippen LogP contribution in [0.2, 0.25) is 0 Å². The predicted octanol–water partition coefficient (Wildman–Crippen LogP) is 4.20. The fraction of sp³-hybridized carbons (Fsp3) is 0.538. The molecule has 0 saturated carbocycles. The number of nitrogens with zero attached hydrogens (tertiary/aromatic N) is 1. The Morgan fingerprint density at radius 1 is 1.40 bits per heavy atom. The lowest BCUT2D eigenvalue weighted by Gasteiger charge is -2.35. The number of anilines is 1. The van der Waals surface area contributed by atoms with E-state index in [0.29, 0.717) is 0 Å². The van der Waals surface area contributed by atoms with Gasteiger partial charge in [0.15, 0.2) is 0 Å². The standard InChI is InChI=1S/C13H18IN/c1-10(2)9-12-8-7-11-5-3-4-6-13(11)15(12)14/h3-6,10,12H,7-9H2,1-2H3. The van der Waals surface area contributed by atoms with Crippen LogP contribution in [0.4, 0.5) is 5.69 Å². The molecule has 1 aromatic carbocycles. The van der Waals surface area contributed by atoms with Gasteiger partial charge in [-0.25, -0.2) is 0 Å². The fourth-order valence-electron chi connectivity index (χ4n) is 2.32. The highest BCUT2D eigenvalue weighted by Gasteiger charge is 2.24. The maximum Gasteiger partial charge on any atom is 0.0594 e. The summed E-state index contributed by atoms with van der Waals surface area (Å²) in [4.78, 5) is 0. The number of hydrogen-bond acceptors (Lipinski definition) is 1. The van der Waals surface area contributed by atoms with Crippen LogP contribution in [0.15, 0.2) is 24.3 Å². The van der Waals surface area contributed by atoms with E-state index >= 15 is 0 Å². The predicted molar refractivity (Wildman–Crippen MR) is 74.5 cm³/mol. The van der Waals surface area contributed by atoms with Gasteiger partial charge < -0.3 is 3.11 Å². The summed E-state index contributed by atoms with van der Waals surface area (Å²) in [6, 6.07) is 9.51. The largest absolute Gasteiger partial charge is 0.311 e. The highest BCUT2D eigenvalue weighted by molar-refractivity contribution is 14.1. The van der Waals surface area contributed by atoms with E-state index in [-0.39, 0.29) is 0 Å². The zero-order valence-electron chi connectivity index (χ0n) is 9.41. The topological polar surface area (TPSA) is 3.24 Å². The van der Waals surface area contributed by atoms with Crippen LogP contribution in [0, 0.1) is 5.92 Å². The SMILES string of the molecule is CC(C)CC1CCc2ccccc2N1I. The Bertz CT molecular complexity index is 335. The molecule has 1 unspecified atom stereocenters. The Kier molecular flexibility index (Phi) is 3.54. The highest BCUT2D eigenvalue weighted by Crippen LogP contribution is 2.35. The first-order chi connectivity index (χ1) is 7.18. The smallest absolute Gasteiger partial charge is 0.0594 e. The maximum atomic E-state index is 2.48. The molecule has 0 bridgehead atoms. The summed E-state index contributed by atoms with van der Waals surface area (Å²) in [6.07, 6.45) is 3.85. The molecule has 15 heavy (non-hydrogen) atoms. The van der Waals surface area contributed by atoms with Gasteiger partial charge in [0, 0.05) is 11.7 Å². The first-order valence-electron chi connectivity index (χ1n) is 5.71. The summed E-state index contributed by atoms with van der Waals surface area (Å²) < 4.78 is 2.44. The number of rotatable bonds is 2. The van der Waals surface area contributed by atoms with Crippen LogP contribution in [-0.4, -0.2) is 6.04 Å². The molecule has 1 atom stereocenters. The van der Waals surface area contributed by atoms with Crippen LogP contribution in [0.3, 0.4) is 0 Å². The minimum atomic E-state index is 0.723. The zero-order valence-corrected chi connectivity index (χ0v) is 11.6. The second-order valence-corrected chi connectivity index (χ2v) is 5.80. The summed E-state index contributed by atoms with van der Waals surface area (Å²) in [5.41, 5.74) is 2.93. The molecule has 1 heterocycles. The first kappa shape index (κ1) is 11.2. The lowest BCUT2D eigenvalue weighted by molar-refractivity contribution is 0.474. The van der Waals surface area contributed by atoms with Gasteiger partial charge in [0.2, 0.25) is 0 Å². The van der Waals surface area contributed by atoms with E-state index in [0.717, 1.165) is 12.0 Å². The molecule has 0 saturated heterocycles. The minimum absolute atomic E-state index is 0.723. The third-order valence-corrected chi connectivity index (χ3v) is 4.34. The molecule has 0 N–H and O–H groups in total. The van der Waals surface area contributed by atoms with Crippen molar-refractivity contribution < 1.29 is 0 Å². The summed E-state index contributed by atoms with van der Waals surface area (Å²) in [7, 11) is 0. The number of fused-ring (bicyclic) bond motifs is 1. The van der Waals surface area contributed by atoms with Gasteiger partial charge >= 0.3 is 0 Å². The van der Waals surface area contributed by atoms with Gasteiger partial charge in [-0.05, 0) is 36.8 Å². The van der Waals surface area contributed by atoms with Crippen molar-refractivity contribution >= 4 is 28.6 Å². The number of benzene rings is 1. The van der Waals surface area contributed by atoms with Gasteiger partial charge in [-0.2, -0.15) is 0 Å². The second kappa shape index (κ2) is 4.73. The van der Waals surface area contributed by atoms with Crippen LogP contribution in [0.1, 0.15) is 32.3 Å². The Morgan fingerprint density at radius 2 is 2.13 bits per heavy atom. The molecule has 1 aliphatic rings. The van der Waals surface area contributed by atoms with E-state index < -0.39 is 0 Å². The summed E-state index contributed by atoms with van der Waals surface area (Å²) in [6.45, 7) is 4.62. The zero-order chi connectivity index (χ0) is 10.8. The first-order valence-corrected chi connectivity index (χ1v) is 6.68.